The first-order valence-electron chi connectivity index (χ1n) is 7.15. The second-order valence-corrected chi connectivity index (χ2v) is 6.54. The Morgan fingerprint density at radius 3 is 3.25 bits per heavy atom. The molecule has 3 atom stereocenters. The molecule has 1 unspecified atom stereocenters. The first-order chi connectivity index (χ1) is 9.78. The average molecular weight is 287 g/mol. The number of piperidine rings is 1. The predicted molar refractivity (Wildman–Crippen MR) is 80.0 cm³/mol. The van der Waals surface area contributed by atoms with E-state index >= 15 is 0 Å². The van der Waals surface area contributed by atoms with Crippen molar-refractivity contribution in [3.8, 4) is 0 Å². The summed E-state index contributed by atoms with van der Waals surface area (Å²) in [4.78, 5) is 14.8. The summed E-state index contributed by atoms with van der Waals surface area (Å²) in [5, 5.41) is 6.30. The van der Waals surface area contributed by atoms with Gasteiger partial charge in [-0.2, -0.15) is 4.37 Å². The molecular weight excluding hydrogens is 270 g/mol. The minimum Gasteiger partial charge on any atom is -0.348 e. The van der Waals surface area contributed by atoms with Crippen molar-refractivity contribution in [1.82, 2.24) is 14.6 Å². The Bertz CT molecular complexity index is 641. The smallest absolute Gasteiger partial charge is 0.251 e. The van der Waals surface area contributed by atoms with Gasteiger partial charge in [0.25, 0.3) is 5.91 Å². The standard InChI is InChI=1S/C15H17N3OS/c19-15(11-1-2-12-9-20-17-14(12)6-11)16-13-5-10-3-4-18(7-10)8-13/h1-2,6,9-10,13H,3-5,7-8H2,(H,16,19)/t10-,13-/m1/s1. The number of hydrogen-bond acceptors (Lipinski definition) is 4. The van der Waals surface area contributed by atoms with Gasteiger partial charge in [-0.3, -0.25) is 4.79 Å². The van der Waals surface area contributed by atoms with Gasteiger partial charge in [-0.15, -0.1) is 0 Å². The highest BCUT2D eigenvalue weighted by Crippen LogP contribution is 2.27. The highest BCUT2D eigenvalue weighted by molar-refractivity contribution is 7.04. The van der Waals surface area contributed by atoms with Gasteiger partial charge in [-0.25, -0.2) is 0 Å². The van der Waals surface area contributed by atoms with E-state index in [2.05, 4.69) is 14.6 Å². The minimum atomic E-state index is 0.0346. The van der Waals surface area contributed by atoms with E-state index in [1.807, 2.05) is 23.6 Å². The number of aromatic nitrogens is 1. The maximum absolute atomic E-state index is 12.4. The van der Waals surface area contributed by atoms with Gasteiger partial charge in [-0.1, -0.05) is 6.07 Å². The molecule has 1 aromatic carbocycles. The lowest BCUT2D eigenvalue weighted by atomic mass is 9.96. The van der Waals surface area contributed by atoms with Crippen LogP contribution in [0.5, 0.6) is 0 Å². The Balaban J connectivity index is 1.49. The van der Waals surface area contributed by atoms with Crippen molar-refractivity contribution in [1.29, 1.82) is 0 Å². The number of carbonyl (C=O) groups is 1. The normalized spacial score (nSPS) is 28.7. The molecule has 2 aliphatic rings. The number of rotatable bonds is 2. The number of hydrogen-bond donors (Lipinski definition) is 1. The van der Waals surface area contributed by atoms with Crippen molar-refractivity contribution in [2.75, 3.05) is 19.6 Å². The van der Waals surface area contributed by atoms with Crippen LogP contribution in [0, 0.1) is 5.92 Å². The van der Waals surface area contributed by atoms with Crippen LogP contribution >= 0.6 is 11.5 Å². The molecule has 2 aromatic rings. The molecule has 0 spiro atoms. The van der Waals surface area contributed by atoms with Crippen molar-refractivity contribution >= 4 is 28.3 Å². The molecule has 4 rings (SSSR count). The van der Waals surface area contributed by atoms with Gasteiger partial charge in [0, 0.05) is 35.5 Å². The third-order valence-electron chi connectivity index (χ3n) is 4.42. The molecule has 2 fully saturated rings. The van der Waals surface area contributed by atoms with E-state index in [9.17, 15) is 4.79 Å². The van der Waals surface area contributed by atoms with E-state index in [4.69, 9.17) is 0 Å². The molecule has 104 valence electrons. The van der Waals surface area contributed by atoms with Gasteiger partial charge in [0.1, 0.15) is 0 Å². The van der Waals surface area contributed by atoms with Crippen LogP contribution in [0.4, 0.5) is 0 Å². The molecule has 2 saturated heterocycles. The summed E-state index contributed by atoms with van der Waals surface area (Å²) < 4.78 is 4.30. The number of carbonyl (C=O) groups excluding carboxylic acids is 1. The van der Waals surface area contributed by atoms with Crippen LogP contribution < -0.4 is 5.32 Å². The summed E-state index contributed by atoms with van der Waals surface area (Å²) in [6, 6.07) is 6.06. The summed E-state index contributed by atoms with van der Waals surface area (Å²) in [5.41, 5.74) is 1.63. The number of amides is 1. The SMILES string of the molecule is O=C(N[C@@H]1C[C@H]2CCN(C2)C1)c1ccc2csnc2c1. The van der Waals surface area contributed by atoms with E-state index in [-0.39, 0.29) is 5.91 Å². The van der Waals surface area contributed by atoms with Gasteiger partial charge >= 0.3 is 0 Å². The van der Waals surface area contributed by atoms with Gasteiger partial charge in [0.15, 0.2) is 0 Å². The topological polar surface area (TPSA) is 45.2 Å². The summed E-state index contributed by atoms with van der Waals surface area (Å²) in [6.45, 7) is 3.42. The number of nitrogens with zero attached hydrogens (tertiary/aromatic N) is 2. The van der Waals surface area contributed by atoms with E-state index < -0.39 is 0 Å². The van der Waals surface area contributed by atoms with Gasteiger partial charge in [0.05, 0.1) is 5.52 Å². The molecule has 20 heavy (non-hydrogen) atoms. The van der Waals surface area contributed by atoms with E-state index in [0.29, 0.717) is 6.04 Å². The fourth-order valence-electron chi connectivity index (χ4n) is 3.44. The first-order valence-corrected chi connectivity index (χ1v) is 7.99. The van der Waals surface area contributed by atoms with Gasteiger partial charge < -0.3 is 10.2 Å². The van der Waals surface area contributed by atoms with E-state index in [1.165, 1.54) is 31.0 Å². The third kappa shape index (κ3) is 2.21. The van der Waals surface area contributed by atoms with Crippen LogP contribution in [0.25, 0.3) is 10.9 Å². The molecule has 2 aliphatic heterocycles. The average Bonchev–Trinajstić information content (AvgIpc) is 3.04. The van der Waals surface area contributed by atoms with Crippen molar-refractivity contribution in [2.24, 2.45) is 5.92 Å². The molecule has 2 bridgehead atoms. The molecule has 5 heteroatoms. The zero-order chi connectivity index (χ0) is 13.5. The van der Waals surface area contributed by atoms with E-state index in [1.54, 1.807) is 0 Å². The molecule has 1 amide bonds. The van der Waals surface area contributed by atoms with Crippen LogP contribution in [-0.2, 0) is 0 Å². The Morgan fingerprint density at radius 2 is 2.35 bits per heavy atom. The largest absolute Gasteiger partial charge is 0.348 e. The lowest BCUT2D eigenvalue weighted by molar-refractivity contribution is 0.0909. The summed E-state index contributed by atoms with van der Waals surface area (Å²) in [7, 11) is 0. The highest BCUT2D eigenvalue weighted by atomic mass is 32.1. The monoisotopic (exact) mass is 287 g/mol. The van der Waals surface area contributed by atoms with E-state index in [0.717, 1.165) is 35.3 Å². The second kappa shape index (κ2) is 4.82. The molecule has 1 N–H and O–H groups in total. The van der Waals surface area contributed by atoms with Crippen LogP contribution in [0.2, 0.25) is 0 Å². The lowest BCUT2D eigenvalue weighted by Crippen LogP contribution is -2.47. The molecule has 0 aliphatic carbocycles. The summed E-state index contributed by atoms with van der Waals surface area (Å²) in [6.07, 6.45) is 2.42. The number of fused-ring (bicyclic) bond motifs is 3. The van der Waals surface area contributed by atoms with Crippen molar-refractivity contribution in [3.63, 3.8) is 0 Å². The van der Waals surface area contributed by atoms with Gasteiger partial charge in [-0.05, 0) is 49.0 Å². The Kier molecular flexibility index (Phi) is 2.97. The Morgan fingerprint density at radius 1 is 1.40 bits per heavy atom. The quantitative estimate of drug-likeness (QED) is 0.920. The van der Waals surface area contributed by atoms with Crippen molar-refractivity contribution in [2.45, 2.75) is 18.9 Å². The van der Waals surface area contributed by atoms with Crippen molar-refractivity contribution < 1.29 is 4.79 Å². The number of benzene rings is 1. The Hall–Kier alpha value is -1.46. The van der Waals surface area contributed by atoms with Crippen LogP contribution in [0.3, 0.4) is 0 Å². The molecule has 0 saturated carbocycles. The minimum absolute atomic E-state index is 0.0346. The van der Waals surface area contributed by atoms with Crippen LogP contribution in [-0.4, -0.2) is 40.9 Å². The fourth-order valence-corrected chi connectivity index (χ4v) is 4.07. The molecule has 1 aromatic heterocycles. The number of nitrogens with one attached hydrogen (secondary N) is 1. The van der Waals surface area contributed by atoms with Crippen molar-refractivity contribution in [3.05, 3.63) is 29.1 Å². The first kappa shape index (κ1) is 12.3. The molecule has 0 radical (unpaired) electrons. The molecule has 4 nitrogen and oxygen atoms in total. The van der Waals surface area contributed by atoms with Crippen LogP contribution in [0.15, 0.2) is 23.6 Å². The molecule has 3 heterocycles. The Labute approximate surface area is 121 Å². The zero-order valence-corrected chi connectivity index (χ0v) is 12.0. The maximum atomic E-state index is 12.4. The zero-order valence-electron chi connectivity index (χ0n) is 11.2. The van der Waals surface area contributed by atoms with Gasteiger partial charge in [0.2, 0.25) is 0 Å². The third-order valence-corrected chi connectivity index (χ3v) is 5.09. The predicted octanol–water partition coefficient (Wildman–Crippen LogP) is 2.12. The van der Waals surface area contributed by atoms with Crippen LogP contribution in [0.1, 0.15) is 23.2 Å². The second-order valence-electron chi connectivity index (χ2n) is 5.91. The summed E-state index contributed by atoms with van der Waals surface area (Å²) >= 11 is 1.43. The maximum Gasteiger partial charge on any atom is 0.251 e. The lowest BCUT2D eigenvalue weighted by Gasteiger charge is -2.30. The summed E-state index contributed by atoms with van der Waals surface area (Å²) in [5.74, 6) is 0.808. The highest BCUT2D eigenvalue weighted by Gasteiger charge is 2.32. The fraction of sp³-hybridized carbons (Fsp3) is 0.467. The molecular formula is C15H17N3OS.